The molecule has 0 spiro atoms. The third-order valence-electron chi connectivity index (χ3n) is 4.41. The van der Waals surface area contributed by atoms with Gasteiger partial charge in [0.25, 0.3) is 0 Å². The van der Waals surface area contributed by atoms with Gasteiger partial charge in [-0.3, -0.25) is 0 Å². The van der Waals surface area contributed by atoms with Gasteiger partial charge in [-0.1, -0.05) is 13.3 Å². The molecule has 1 aromatic rings. The third-order valence-corrected chi connectivity index (χ3v) is 4.41. The lowest BCUT2D eigenvalue weighted by atomic mass is 9.78. The molecule has 0 bridgehead atoms. The Bertz CT molecular complexity index is 401. The van der Waals surface area contributed by atoms with Crippen molar-refractivity contribution in [2.24, 2.45) is 17.1 Å². The Labute approximate surface area is 109 Å². The number of hydrogen-bond donors (Lipinski definition) is 2. The number of hydrogen-bond acceptors (Lipinski definition) is 3. The van der Waals surface area contributed by atoms with Gasteiger partial charge in [-0.15, -0.1) is 0 Å². The number of aliphatic hydroxyl groups is 1. The molecule has 2 rings (SSSR count). The fourth-order valence-corrected chi connectivity index (χ4v) is 3.25. The predicted octanol–water partition coefficient (Wildman–Crippen LogP) is 2.26. The Hall–Kier alpha value is -0.870. The van der Waals surface area contributed by atoms with Crippen molar-refractivity contribution in [3.63, 3.8) is 0 Å². The monoisotopic (exact) mass is 251 g/mol. The lowest BCUT2D eigenvalue weighted by Crippen LogP contribution is -2.35. The molecule has 18 heavy (non-hydrogen) atoms. The summed E-state index contributed by atoms with van der Waals surface area (Å²) in [7, 11) is 0. The molecule has 1 aliphatic carbocycles. The highest BCUT2D eigenvalue weighted by Crippen LogP contribution is 2.49. The number of aromatic nitrogens is 2. The Morgan fingerprint density at radius 1 is 1.61 bits per heavy atom. The fraction of sp³-hybridized carbons (Fsp3) is 0.786. The van der Waals surface area contributed by atoms with E-state index in [1.807, 2.05) is 4.57 Å². The van der Waals surface area contributed by atoms with E-state index in [9.17, 15) is 5.11 Å². The van der Waals surface area contributed by atoms with Crippen LogP contribution in [0.15, 0.2) is 12.5 Å². The number of rotatable bonds is 4. The second kappa shape index (κ2) is 5.02. The van der Waals surface area contributed by atoms with E-state index in [-0.39, 0.29) is 5.41 Å². The third kappa shape index (κ3) is 2.19. The van der Waals surface area contributed by atoms with Crippen molar-refractivity contribution in [1.29, 1.82) is 0 Å². The van der Waals surface area contributed by atoms with Crippen LogP contribution in [0.3, 0.4) is 0 Å². The highest BCUT2D eigenvalue weighted by molar-refractivity contribution is 5.11. The van der Waals surface area contributed by atoms with Gasteiger partial charge in [0, 0.05) is 18.0 Å². The van der Waals surface area contributed by atoms with Gasteiger partial charge in [0.15, 0.2) is 0 Å². The SMILES string of the molecule is CC1CCC(CN)(C(O)c2cncn2C(C)C)C1. The highest BCUT2D eigenvalue weighted by Gasteiger charge is 2.44. The van der Waals surface area contributed by atoms with Crippen LogP contribution < -0.4 is 5.73 Å². The number of nitrogens with zero attached hydrogens (tertiary/aromatic N) is 2. The zero-order valence-corrected chi connectivity index (χ0v) is 11.6. The standard InChI is InChI=1S/C14H25N3O/c1-10(2)17-9-16-7-12(17)13(18)14(8-15)5-4-11(3)6-14/h7,9-11,13,18H,4-6,8,15H2,1-3H3. The Kier molecular flexibility index (Phi) is 3.78. The predicted molar refractivity (Wildman–Crippen MR) is 72.1 cm³/mol. The molecular weight excluding hydrogens is 226 g/mol. The molecule has 0 amide bonds. The van der Waals surface area contributed by atoms with Gasteiger partial charge >= 0.3 is 0 Å². The van der Waals surface area contributed by atoms with Gasteiger partial charge < -0.3 is 15.4 Å². The van der Waals surface area contributed by atoms with E-state index in [0.29, 0.717) is 18.5 Å². The molecule has 4 nitrogen and oxygen atoms in total. The molecule has 3 unspecified atom stereocenters. The van der Waals surface area contributed by atoms with E-state index < -0.39 is 6.10 Å². The van der Waals surface area contributed by atoms with Gasteiger partial charge in [-0.05, 0) is 32.6 Å². The van der Waals surface area contributed by atoms with Crippen LogP contribution in [-0.4, -0.2) is 21.2 Å². The van der Waals surface area contributed by atoms with Crippen LogP contribution in [0, 0.1) is 11.3 Å². The van der Waals surface area contributed by atoms with Gasteiger partial charge in [0.05, 0.1) is 18.2 Å². The lowest BCUT2D eigenvalue weighted by Gasteiger charge is -2.34. The van der Waals surface area contributed by atoms with Crippen LogP contribution in [-0.2, 0) is 0 Å². The Morgan fingerprint density at radius 3 is 2.83 bits per heavy atom. The van der Waals surface area contributed by atoms with Crippen molar-refractivity contribution < 1.29 is 5.11 Å². The fourth-order valence-electron chi connectivity index (χ4n) is 3.25. The second-order valence-corrected chi connectivity index (χ2v) is 6.14. The summed E-state index contributed by atoms with van der Waals surface area (Å²) in [5.41, 5.74) is 6.72. The van der Waals surface area contributed by atoms with Crippen LogP contribution in [0.25, 0.3) is 0 Å². The maximum atomic E-state index is 10.8. The van der Waals surface area contributed by atoms with E-state index in [1.165, 1.54) is 0 Å². The first-order chi connectivity index (χ1) is 8.50. The second-order valence-electron chi connectivity index (χ2n) is 6.14. The topological polar surface area (TPSA) is 64.1 Å². The van der Waals surface area contributed by atoms with Crippen LogP contribution >= 0.6 is 0 Å². The summed E-state index contributed by atoms with van der Waals surface area (Å²) in [6.07, 6.45) is 6.25. The quantitative estimate of drug-likeness (QED) is 0.862. The zero-order valence-electron chi connectivity index (χ0n) is 11.6. The smallest absolute Gasteiger partial charge is 0.102 e. The van der Waals surface area contributed by atoms with Gasteiger partial charge in [-0.25, -0.2) is 4.98 Å². The van der Waals surface area contributed by atoms with Crippen LogP contribution in [0.1, 0.15) is 57.9 Å². The molecule has 3 atom stereocenters. The van der Waals surface area contributed by atoms with Gasteiger partial charge in [-0.2, -0.15) is 0 Å². The molecule has 3 N–H and O–H groups in total. The Balaban J connectivity index is 2.29. The molecule has 1 heterocycles. The summed E-state index contributed by atoms with van der Waals surface area (Å²) in [4.78, 5) is 4.18. The molecule has 0 aliphatic heterocycles. The van der Waals surface area contributed by atoms with E-state index in [0.717, 1.165) is 25.0 Å². The first-order valence-corrected chi connectivity index (χ1v) is 6.90. The summed E-state index contributed by atoms with van der Waals surface area (Å²) < 4.78 is 2.05. The van der Waals surface area contributed by atoms with Crippen molar-refractivity contribution in [3.8, 4) is 0 Å². The summed E-state index contributed by atoms with van der Waals surface area (Å²) >= 11 is 0. The molecule has 0 radical (unpaired) electrons. The molecule has 4 heteroatoms. The normalized spacial score (nSPS) is 30.0. The maximum absolute atomic E-state index is 10.8. The molecule has 0 aromatic carbocycles. The molecular formula is C14H25N3O. The minimum absolute atomic E-state index is 0.161. The number of aliphatic hydroxyl groups excluding tert-OH is 1. The first kappa shape index (κ1) is 13.6. The minimum atomic E-state index is -0.502. The summed E-state index contributed by atoms with van der Waals surface area (Å²) in [5, 5.41) is 10.8. The molecule has 1 fully saturated rings. The zero-order chi connectivity index (χ0) is 13.3. The molecule has 1 aliphatic rings. The van der Waals surface area contributed by atoms with Crippen LogP contribution in [0.4, 0.5) is 0 Å². The van der Waals surface area contributed by atoms with E-state index in [4.69, 9.17) is 5.73 Å². The maximum Gasteiger partial charge on any atom is 0.102 e. The van der Waals surface area contributed by atoms with Crippen LogP contribution in [0.2, 0.25) is 0 Å². The molecule has 1 saturated carbocycles. The summed E-state index contributed by atoms with van der Waals surface area (Å²) in [6, 6.07) is 0.311. The van der Waals surface area contributed by atoms with E-state index >= 15 is 0 Å². The van der Waals surface area contributed by atoms with Gasteiger partial charge in [0.2, 0.25) is 0 Å². The largest absolute Gasteiger partial charge is 0.386 e. The van der Waals surface area contributed by atoms with Crippen molar-refractivity contribution >= 4 is 0 Å². The van der Waals surface area contributed by atoms with E-state index in [1.54, 1.807) is 12.5 Å². The summed E-state index contributed by atoms with van der Waals surface area (Å²) in [6.45, 7) is 6.99. The van der Waals surface area contributed by atoms with Crippen LogP contribution in [0.5, 0.6) is 0 Å². The van der Waals surface area contributed by atoms with Gasteiger partial charge in [0.1, 0.15) is 6.10 Å². The van der Waals surface area contributed by atoms with Crippen molar-refractivity contribution in [3.05, 3.63) is 18.2 Å². The molecule has 1 aromatic heterocycles. The number of nitrogens with two attached hydrogens (primary N) is 1. The van der Waals surface area contributed by atoms with E-state index in [2.05, 4.69) is 25.8 Å². The average Bonchev–Trinajstić information content (AvgIpc) is 2.95. The first-order valence-electron chi connectivity index (χ1n) is 6.90. The molecule has 0 saturated heterocycles. The average molecular weight is 251 g/mol. The summed E-state index contributed by atoms with van der Waals surface area (Å²) in [5.74, 6) is 0.652. The number of imidazole rings is 1. The Morgan fingerprint density at radius 2 is 2.33 bits per heavy atom. The van der Waals surface area contributed by atoms with Crippen molar-refractivity contribution in [2.75, 3.05) is 6.54 Å². The minimum Gasteiger partial charge on any atom is -0.386 e. The van der Waals surface area contributed by atoms with Crippen molar-refractivity contribution in [1.82, 2.24) is 9.55 Å². The molecule has 102 valence electrons. The van der Waals surface area contributed by atoms with Crippen molar-refractivity contribution in [2.45, 2.75) is 52.2 Å². The highest BCUT2D eigenvalue weighted by atomic mass is 16.3. The lowest BCUT2D eigenvalue weighted by molar-refractivity contribution is 0.0240.